The zero-order valence-electron chi connectivity index (χ0n) is 11.7. The molecule has 0 radical (unpaired) electrons. The first kappa shape index (κ1) is 13.3. The fourth-order valence-electron chi connectivity index (χ4n) is 2.27. The predicted octanol–water partition coefficient (Wildman–Crippen LogP) is 2.31. The van der Waals surface area contributed by atoms with Gasteiger partial charge in [0.15, 0.2) is 0 Å². The highest BCUT2D eigenvalue weighted by molar-refractivity contribution is 5.85. The fraction of sp³-hybridized carbons (Fsp3) is 0.188. The molecule has 2 aromatic heterocycles. The molecule has 0 saturated heterocycles. The van der Waals surface area contributed by atoms with Gasteiger partial charge in [0.2, 0.25) is 5.91 Å². The molecule has 3 rings (SSSR count). The van der Waals surface area contributed by atoms with E-state index in [1.807, 2.05) is 37.3 Å². The Morgan fingerprint density at radius 3 is 2.90 bits per heavy atom. The quantitative estimate of drug-likeness (QED) is 0.797. The molecule has 0 aliphatic rings. The summed E-state index contributed by atoms with van der Waals surface area (Å²) in [7, 11) is 0. The van der Waals surface area contributed by atoms with E-state index in [1.165, 1.54) is 0 Å². The second kappa shape index (κ2) is 5.75. The first-order valence-electron chi connectivity index (χ1n) is 6.85. The number of hydrogen-bond acceptors (Lipinski definition) is 3. The number of aromatic nitrogens is 3. The van der Waals surface area contributed by atoms with E-state index >= 15 is 0 Å². The molecule has 0 aliphatic carbocycles. The molecule has 5 nitrogen and oxygen atoms in total. The van der Waals surface area contributed by atoms with Gasteiger partial charge < -0.3 is 5.32 Å². The molecule has 1 atom stereocenters. The maximum Gasteiger partial charge on any atom is 0.244 e. The van der Waals surface area contributed by atoms with Gasteiger partial charge in [0.1, 0.15) is 6.04 Å². The third-order valence-corrected chi connectivity index (χ3v) is 3.49. The SMILES string of the molecule is C[C@H](C(=O)NCc1nccc2ccccc12)n1cccn1. The maximum absolute atomic E-state index is 12.2. The predicted molar refractivity (Wildman–Crippen MR) is 80.5 cm³/mol. The van der Waals surface area contributed by atoms with E-state index in [1.54, 1.807) is 29.3 Å². The Balaban J connectivity index is 1.73. The van der Waals surface area contributed by atoms with Gasteiger partial charge in [0.05, 0.1) is 12.2 Å². The summed E-state index contributed by atoms with van der Waals surface area (Å²) in [6.07, 6.45) is 5.21. The Morgan fingerprint density at radius 2 is 2.10 bits per heavy atom. The topological polar surface area (TPSA) is 59.8 Å². The Morgan fingerprint density at radius 1 is 1.24 bits per heavy atom. The number of nitrogens with zero attached hydrogens (tertiary/aromatic N) is 3. The summed E-state index contributed by atoms with van der Waals surface area (Å²) in [6, 6.07) is 11.4. The van der Waals surface area contributed by atoms with Gasteiger partial charge in [-0.25, -0.2) is 0 Å². The van der Waals surface area contributed by atoms with Crippen LogP contribution in [0.4, 0.5) is 0 Å². The zero-order valence-corrected chi connectivity index (χ0v) is 11.7. The monoisotopic (exact) mass is 280 g/mol. The number of hydrogen-bond donors (Lipinski definition) is 1. The lowest BCUT2D eigenvalue weighted by Crippen LogP contribution is -2.31. The molecule has 5 heteroatoms. The fourth-order valence-corrected chi connectivity index (χ4v) is 2.27. The molecule has 0 fully saturated rings. The smallest absolute Gasteiger partial charge is 0.244 e. The number of amides is 1. The van der Waals surface area contributed by atoms with Crippen LogP contribution < -0.4 is 5.32 Å². The van der Waals surface area contributed by atoms with Crippen molar-refractivity contribution in [3.05, 3.63) is 60.7 Å². The Labute approximate surface area is 122 Å². The third kappa shape index (κ3) is 2.76. The van der Waals surface area contributed by atoms with Crippen LogP contribution in [0.1, 0.15) is 18.7 Å². The number of carbonyl (C=O) groups is 1. The average Bonchev–Trinajstić information content (AvgIpc) is 3.06. The number of benzene rings is 1. The molecule has 0 aliphatic heterocycles. The molecular weight excluding hydrogens is 264 g/mol. The van der Waals surface area contributed by atoms with Gasteiger partial charge in [-0.2, -0.15) is 5.10 Å². The Kier molecular flexibility index (Phi) is 3.64. The van der Waals surface area contributed by atoms with Crippen LogP contribution in [-0.4, -0.2) is 20.7 Å². The molecule has 1 aromatic carbocycles. The van der Waals surface area contributed by atoms with Gasteiger partial charge >= 0.3 is 0 Å². The largest absolute Gasteiger partial charge is 0.349 e. The normalized spacial score (nSPS) is 12.2. The van der Waals surface area contributed by atoms with Crippen LogP contribution in [0, 0.1) is 0 Å². The minimum Gasteiger partial charge on any atom is -0.349 e. The van der Waals surface area contributed by atoms with Crippen LogP contribution in [0.2, 0.25) is 0 Å². The highest BCUT2D eigenvalue weighted by Crippen LogP contribution is 2.16. The molecular formula is C16H16N4O. The number of pyridine rings is 1. The van der Waals surface area contributed by atoms with E-state index in [9.17, 15) is 4.79 Å². The molecule has 0 spiro atoms. The van der Waals surface area contributed by atoms with Gasteiger partial charge in [0, 0.05) is 24.0 Å². The summed E-state index contributed by atoms with van der Waals surface area (Å²) in [4.78, 5) is 16.5. The molecule has 106 valence electrons. The second-order valence-corrected chi connectivity index (χ2v) is 4.86. The standard InChI is InChI=1S/C16H16N4O/c1-12(20-10-4-8-19-20)16(21)18-11-15-14-6-3-2-5-13(14)7-9-17-15/h2-10,12H,11H2,1H3,(H,18,21)/t12-/m1/s1. The molecule has 3 aromatic rings. The zero-order chi connectivity index (χ0) is 14.7. The van der Waals surface area contributed by atoms with E-state index in [-0.39, 0.29) is 11.9 Å². The lowest BCUT2D eigenvalue weighted by Gasteiger charge is -2.13. The van der Waals surface area contributed by atoms with Crippen molar-refractivity contribution in [2.24, 2.45) is 0 Å². The highest BCUT2D eigenvalue weighted by Gasteiger charge is 2.14. The van der Waals surface area contributed by atoms with Crippen LogP contribution >= 0.6 is 0 Å². The molecule has 0 bridgehead atoms. The van der Waals surface area contributed by atoms with Gasteiger partial charge in [-0.05, 0) is 24.4 Å². The van der Waals surface area contributed by atoms with Crippen molar-refractivity contribution in [1.82, 2.24) is 20.1 Å². The van der Waals surface area contributed by atoms with Crippen LogP contribution in [0.15, 0.2) is 55.0 Å². The molecule has 1 N–H and O–H groups in total. The highest BCUT2D eigenvalue weighted by atomic mass is 16.2. The van der Waals surface area contributed by atoms with Crippen LogP contribution in [-0.2, 0) is 11.3 Å². The summed E-state index contributed by atoms with van der Waals surface area (Å²) in [5, 5.41) is 9.18. The van der Waals surface area contributed by atoms with E-state index in [4.69, 9.17) is 0 Å². The Hall–Kier alpha value is -2.69. The molecule has 21 heavy (non-hydrogen) atoms. The van der Waals surface area contributed by atoms with Crippen molar-refractivity contribution in [2.75, 3.05) is 0 Å². The average molecular weight is 280 g/mol. The first-order chi connectivity index (χ1) is 10.3. The van der Waals surface area contributed by atoms with E-state index in [2.05, 4.69) is 15.4 Å². The molecule has 0 unspecified atom stereocenters. The molecule has 0 saturated carbocycles. The van der Waals surface area contributed by atoms with E-state index in [0.717, 1.165) is 16.5 Å². The van der Waals surface area contributed by atoms with Gasteiger partial charge in [0.25, 0.3) is 0 Å². The number of fused-ring (bicyclic) bond motifs is 1. The minimum absolute atomic E-state index is 0.0755. The minimum atomic E-state index is -0.338. The van der Waals surface area contributed by atoms with Crippen molar-refractivity contribution in [2.45, 2.75) is 19.5 Å². The molecule has 1 amide bonds. The van der Waals surface area contributed by atoms with Crippen LogP contribution in [0.5, 0.6) is 0 Å². The van der Waals surface area contributed by atoms with Crippen molar-refractivity contribution in [3.63, 3.8) is 0 Å². The summed E-state index contributed by atoms with van der Waals surface area (Å²) in [5.41, 5.74) is 0.870. The van der Waals surface area contributed by atoms with Crippen molar-refractivity contribution in [3.8, 4) is 0 Å². The van der Waals surface area contributed by atoms with E-state index in [0.29, 0.717) is 6.54 Å². The van der Waals surface area contributed by atoms with Crippen LogP contribution in [0.3, 0.4) is 0 Å². The summed E-state index contributed by atoms with van der Waals surface area (Å²) < 4.78 is 1.63. The summed E-state index contributed by atoms with van der Waals surface area (Å²) in [5.74, 6) is -0.0755. The summed E-state index contributed by atoms with van der Waals surface area (Å²) >= 11 is 0. The molecule has 2 heterocycles. The van der Waals surface area contributed by atoms with Crippen molar-refractivity contribution < 1.29 is 4.79 Å². The first-order valence-corrected chi connectivity index (χ1v) is 6.85. The summed E-state index contributed by atoms with van der Waals surface area (Å²) in [6.45, 7) is 2.23. The van der Waals surface area contributed by atoms with Crippen LogP contribution in [0.25, 0.3) is 10.8 Å². The Bertz CT molecular complexity index is 747. The van der Waals surface area contributed by atoms with Gasteiger partial charge in [-0.1, -0.05) is 24.3 Å². The third-order valence-electron chi connectivity index (χ3n) is 3.49. The van der Waals surface area contributed by atoms with Crippen molar-refractivity contribution >= 4 is 16.7 Å². The van der Waals surface area contributed by atoms with Gasteiger partial charge in [-0.15, -0.1) is 0 Å². The lowest BCUT2D eigenvalue weighted by atomic mass is 10.1. The number of carbonyl (C=O) groups excluding carboxylic acids is 1. The van der Waals surface area contributed by atoms with Crippen molar-refractivity contribution in [1.29, 1.82) is 0 Å². The lowest BCUT2D eigenvalue weighted by molar-refractivity contribution is -0.124. The maximum atomic E-state index is 12.2. The van der Waals surface area contributed by atoms with Gasteiger partial charge in [-0.3, -0.25) is 14.5 Å². The number of nitrogens with one attached hydrogen (secondary N) is 1. The van der Waals surface area contributed by atoms with E-state index < -0.39 is 0 Å². The number of rotatable bonds is 4. The second-order valence-electron chi connectivity index (χ2n) is 4.86.